The largest absolute Gasteiger partial charge is 0.497 e. The molecule has 4 nitrogen and oxygen atoms in total. The van der Waals surface area contributed by atoms with E-state index in [2.05, 4.69) is 10.6 Å². The highest BCUT2D eigenvalue weighted by Crippen LogP contribution is 2.33. The van der Waals surface area contributed by atoms with Crippen LogP contribution in [-0.4, -0.2) is 32.1 Å². The zero-order valence-corrected chi connectivity index (χ0v) is 13.2. The van der Waals surface area contributed by atoms with Gasteiger partial charge in [0.05, 0.1) is 12.0 Å². The summed E-state index contributed by atoms with van der Waals surface area (Å²) in [5.41, 5.74) is 1.04. The highest BCUT2D eigenvalue weighted by Gasteiger charge is 2.20. The van der Waals surface area contributed by atoms with Gasteiger partial charge in [-0.2, -0.15) is 0 Å². The van der Waals surface area contributed by atoms with Crippen LogP contribution < -0.4 is 15.4 Å². The molecule has 1 fully saturated rings. The number of rotatable bonds is 3. The quantitative estimate of drug-likeness (QED) is 0.916. The van der Waals surface area contributed by atoms with Crippen molar-refractivity contribution in [3.8, 4) is 5.75 Å². The average Bonchev–Trinajstić information content (AvgIpc) is 2.85. The van der Waals surface area contributed by atoms with Crippen molar-refractivity contribution in [2.75, 3.05) is 20.2 Å². The smallest absolute Gasteiger partial charge is 0.261 e. The molecule has 1 aliphatic heterocycles. The number of benzene rings is 1. The molecule has 0 radical (unpaired) electrons. The second-order valence-corrected chi connectivity index (χ2v) is 6.49. The Hall–Kier alpha value is -1.59. The number of carbonyl (C=O) groups is 1. The zero-order chi connectivity index (χ0) is 14.8. The molecule has 2 heterocycles. The zero-order valence-electron chi connectivity index (χ0n) is 12.4. The fraction of sp³-hybridized carbons (Fsp3) is 0.438. The van der Waals surface area contributed by atoms with Gasteiger partial charge in [-0.1, -0.05) is 0 Å². The minimum absolute atomic E-state index is 0.0429. The van der Waals surface area contributed by atoms with E-state index in [4.69, 9.17) is 4.74 Å². The molecular formula is C16H20N2O2S. The van der Waals surface area contributed by atoms with E-state index in [1.165, 1.54) is 0 Å². The average molecular weight is 304 g/mol. The number of methoxy groups -OCH3 is 1. The predicted octanol–water partition coefficient (Wildman–Crippen LogP) is 2.70. The molecular weight excluding hydrogens is 284 g/mol. The molecule has 1 amide bonds. The Morgan fingerprint density at radius 1 is 1.48 bits per heavy atom. The third-order valence-corrected chi connectivity index (χ3v) is 5.25. The first kappa shape index (κ1) is 14.4. The van der Waals surface area contributed by atoms with Gasteiger partial charge in [0.15, 0.2) is 0 Å². The van der Waals surface area contributed by atoms with E-state index in [1.807, 2.05) is 25.1 Å². The van der Waals surface area contributed by atoms with Crippen LogP contribution in [0, 0.1) is 6.92 Å². The molecule has 0 spiro atoms. The van der Waals surface area contributed by atoms with Gasteiger partial charge < -0.3 is 15.4 Å². The number of thiophene rings is 1. The lowest BCUT2D eigenvalue weighted by atomic mass is 10.1. The van der Waals surface area contributed by atoms with Crippen molar-refractivity contribution in [3.05, 3.63) is 28.6 Å². The SMILES string of the molecule is COc1ccc2sc(C(=O)N[C@@H]3CCCNC3)c(C)c2c1. The van der Waals surface area contributed by atoms with Gasteiger partial charge in [-0.25, -0.2) is 0 Å². The third-order valence-electron chi connectivity index (χ3n) is 3.98. The molecule has 1 aromatic heterocycles. The molecule has 1 aromatic carbocycles. The van der Waals surface area contributed by atoms with Crippen molar-refractivity contribution in [2.24, 2.45) is 0 Å². The van der Waals surface area contributed by atoms with E-state index in [0.29, 0.717) is 0 Å². The number of nitrogens with one attached hydrogen (secondary N) is 2. The molecule has 0 unspecified atom stereocenters. The Kier molecular flexibility index (Phi) is 4.12. The summed E-state index contributed by atoms with van der Waals surface area (Å²) in [5.74, 6) is 0.869. The summed E-state index contributed by atoms with van der Waals surface area (Å²) >= 11 is 1.55. The monoisotopic (exact) mass is 304 g/mol. The molecule has 2 aromatic rings. The summed E-state index contributed by atoms with van der Waals surface area (Å²) in [5, 5.41) is 7.57. The van der Waals surface area contributed by atoms with Crippen LogP contribution in [0.15, 0.2) is 18.2 Å². The first-order chi connectivity index (χ1) is 10.2. The van der Waals surface area contributed by atoms with Gasteiger partial charge in [-0.3, -0.25) is 4.79 Å². The van der Waals surface area contributed by atoms with E-state index in [-0.39, 0.29) is 11.9 Å². The normalized spacial score (nSPS) is 18.7. The Morgan fingerprint density at radius 2 is 2.33 bits per heavy atom. The van der Waals surface area contributed by atoms with Crippen molar-refractivity contribution in [1.29, 1.82) is 0 Å². The summed E-state index contributed by atoms with van der Waals surface area (Å²) in [6.45, 7) is 3.92. The summed E-state index contributed by atoms with van der Waals surface area (Å²) in [4.78, 5) is 13.3. The Balaban J connectivity index is 1.85. The van der Waals surface area contributed by atoms with Gasteiger partial charge in [-0.05, 0) is 55.5 Å². The highest BCUT2D eigenvalue weighted by molar-refractivity contribution is 7.21. The van der Waals surface area contributed by atoms with Crippen LogP contribution in [0.2, 0.25) is 0 Å². The fourth-order valence-corrected chi connectivity index (χ4v) is 3.86. The third kappa shape index (κ3) is 2.89. The number of hydrogen-bond acceptors (Lipinski definition) is 4. The second kappa shape index (κ2) is 6.03. The molecule has 0 saturated carbocycles. The van der Waals surface area contributed by atoms with E-state index in [0.717, 1.165) is 52.2 Å². The Morgan fingerprint density at radius 3 is 3.05 bits per heavy atom. The molecule has 3 rings (SSSR count). The second-order valence-electron chi connectivity index (χ2n) is 5.44. The summed E-state index contributed by atoms with van der Waals surface area (Å²) in [6.07, 6.45) is 2.17. The molecule has 2 N–H and O–H groups in total. The van der Waals surface area contributed by atoms with Crippen molar-refractivity contribution in [1.82, 2.24) is 10.6 Å². The minimum atomic E-state index is 0.0429. The predicted molar refractivity (Wildman–Crippen MR) is 86.5 cm³/mol. The molecule has 112 valence electrons. The maximum Gasteiger partial charge on any atom is 0.261 e. The lowest BCUT2D eigenvalue weighted by Crippen LogP contribution is -2.45. The van der Waals surface area contributed by atoms with Crippen LogP contribution >= 0.6 is 11.3 Å². The van der Waals surface area contributed by atoms with Crippen LogP contribution in [0.5, 0.6) is 5.75 Å². The van der Waals surface area contributed by atoms with Gasteiger partial charge in [0.2, 0.25) is 0 Å². The standard InChI is InChI=1S/C16H20N2O2S/c1-10-13-8-12(20-2)5-6-14(13)21-15(10)16(19)18-11-4-3-7-17-9-11/h5-6,8,11,17H,3-4,7,9H2,1-2H3,(H,18,19)/t11-/m1/s1. The first-order valence-electron chi connectivity index (χ1n) is 7.28. The van der Waals surface area contributed by atoms with Crippen LogP contribution in [0.4, 0.5) is 0 Å². The molecule has 5 heteroatoms. The molecule has 1 atom stereocenters. The van der Waals surface area contributed by atoms with E-state index >= 15 is 0 Å². The number of carbonyl (C=O) groups excluding carboxylic acids is 1. The lowest BCUT2D eigenvalue weighted by molar-refractivity contribution is 0.0934. The number of fused-ring (bicyclic) bond motifs is 1. The molecule has 21 heavy (non-hydrogen) atoms. The van der Waals surface area contributed by atoms with Gasteiger partial charge in [-0.15, -0.1) is 11.3 Å². The summed E-state index contributed by atoms with van der Waals surface area (Å²) < 4.78 is 6.39. The van der Waals surface area contributed by atoms with Gasteiger partial charge in [0, 0.05) is 17.3 Å². The number of aryl methyl sites for hydroxylation is 1. The summed E-state index contributed by atoms with van der Waals surface area (Å²) in [6, 6.07) is 6.20. The van der Waals surface area contributed by atoms with Gasteiger partial charge >= 0.3 is 0 Å². The van der Waals surface area contributed by atoms with Crippen molar-refractivity contribution >= 4 is 27.3 Å². The van der Waals surface area contributed by atoms with Crippen molar-refractivity contribution in [3.63, 3.8) is 0 Å². The van der Waals surface area contributed by atoms with Crippen LogP contribution in [0.1, 0.15) is 28.1 Å². The lowest BCUT2D eigenvalue weighted by Gasteiger charge is -2.23. The Bertz CT molecular complexity index is 660. The molecule has 0 bridgehead atoms. The minimum Gasteiger partial charge on any atom is -0.497 e. The Labute approximate surface area is 128 Å². The van der Waals surface area contributed by atoms with Gasteiger partial charge in [0.1, 0.15) is 5.75 Å². The fourth-order valence-electron chi connectivity index (χ4n) is 2.77. The first-order valence-corrected chi connectivity index (χ1v) is 8.09. The topological polar surface area (TPSA) is 50.4 Å². The molecule has 1 saturated heterocycles. The maximum atomic E-state index is 12.5. The number of ether oxygens (including phenoxy) is 1. The maximum absolute atomic E-state index is 12.5. The number of piperidine rings is 1. The van der Waals surface area contributed by atoms with Crippen LogP contribution in [0.3, 0.4) is 0 Å². The van der Waals surface area contributed by atoms with Crippen LogP contribution in [0.25, 0.3) is 10.1 Å². The number of amides is 1. The number of hydrogen-bond donors (Lipinski definition) is 2. The van der Waals surface area contributed by atoms with E-state index in [1.54, 1.807) is 18.4 Å². The van der Waals surface area contributed by atoms with E-state index in [9.17, 15) is 4.79 Å². The van der Waals surface area contributed by atoms with Crippen LogP contribution in [-0.2, 0) is 0 Å². The van der Waals surface area contributed by atoms with Crippen molar-refractivity contribution < 1.29 is 9.53 Å². The van der Waals surface area contributed by atoms with E-state index < -0.39 is 0 Å². The molecule has 1 aliphatic rings. The summed E-state index contributed by atoms with van der Waals surface area (Å²) in [7, 11) is 1.66. The van der Waals surface area contributed by atoms with Gasteiger partial charge in [0.25, 0.3) is 5.91 Å². The van der Waals surface area contributed by atoms with Crippen molar-refractivity contribution in [2.45, 2.75) is 25.8 Å². The molecule has 0 aliphatic carbocycles. The highest BCUT2D eigenvalue weighted by atomic mass is 32.1.